The van der Waals surface area contributed by atoms with E-state index in [1.165, 1.54) is 17.4 Å². The number of ether oxygens (including phenoxy) is 1. The lowest BCUT2D eigenvalue weighted by molar-refractivity contribution is -0.259. The molecule has 0 radical (unpaired) electrons. The molecular weight excluding hydrogens is 348 g/mol. The van der Waals surface area contributed by atoms with E-state index in [-0.39, 0.29) is 12.4 Å². The minimum Gasteiger partial charge on any atom is -0.545 e. The number of thiophene rings is 1. The van der Waals surface area contributed by atoms with Gasteiger partial charge in [-0.25, -0.2) is 0 Å². The van der Waals surface area contributed by atoms with Crippen molar-refractivity contribution in [2.45, 2.75) is 6.61 Å². The van der Waals surface area contributed by atoms with Crippen molar-refractivity contribution in [3.05, 3.63) is 50.1 Å². The van der Waals surface area contributed by atoms with Crippen molar-refractivity contribution in [1.82, 2.24) is 0 Å². The van der Waals surface area contributed by atoms with Gasteiger partial charge >= 0.3 is 0 Å². The van der Waals surface area contributed by atoms with Gasteiger partial charge in [-0.3, -0.25) is 0 Å². The Morgan fingerprint density at radius 2 is 1.85 bits per heavy atom. The van der Waals surface area contributed by atoms with Gasteiger partial charge < -0.3 is 24.5 Å². The molecule has 2 rings (SSSR count). The molecule has 0 aliphatic rings. The molecule has 5 nitrogen and oxygen atoms in total. The Bertz CT molecular complexity index is 665. The summed E-state index contributed by atoms with van der Waals surface area (Å²) in [5.41, 5.74) is -0.897. The molecule has 0 aliphatic carbocycles. The summed E-state index contributed by atoms with van der Waals surface area (Å²) in [5, 5.41) is 23.6. The van der Waals surface area contributed by atoms with E-state index in [1.807, 2.05) is 11.4 Å². The van der Waals surface area contributed by atoms with Gasteiger partial charge in [-0.15, -0.1) is 11.3 Å². The van der Waals surface area contributed by atoms with Crippen molar-refractivity contribution in [2.75, 3.05) is 0 Å². The van der Waals surface area contributed by atoms with Crippen LogP contribution in [0.4, 0.5) is 0 Å². The average molecular weight is 355 g/mol. The highest BCUT2D eigenvalue weighted by molar-refractivity contribution is 9.10. The van der Waals surface area contributed by atoms with E-state index in [2.05, 4.69) is 15.9 Å². The highest BCUT2D eigenvalue weighted by Crippen LogP contribution is 2.23. The summed E-state index contributed by atoms with van der Waals surface area (Å²) < 4.78 is 6.35. The van der Waals surface area contributed by atoms with Crippen LogP contribution in [0.3, 0.4) is 0 Å². The molecule has 0 saturated carbocycles. The van der Waals surface area contributed by atoms with E-state index in [0.717, 1.165) is 21.5 Å². The number of carbonyl (C=O) groups is 2. The van der Waals surface area contributed by atoms with Crippen molar-refractivity contribution >= 4 is 39.2 Å². The minimum atomic E-state index is -1.59. The fourth-order valence-corrected chi connectivity index (χ4v) is 2.91. The molecule has 0 spiro atoms. The van der Waals surface area contributed by atoms with Crippen molar-refractivity contribution in [3.8, 4) is 5.75 Å². The number of aromatic carboxylic acids is 2. The zero-order valence-corrected chi connectivity index (χ0v) is 12.3. The Labute approximate surface area is 126 Å². The third kappa shape index (κ3) is 3.37. The smallest absolute Gasteiger partial charge is 0.122 e. The maximum Gasteiger partial charge on any atom is 0.122 e. The van der Waals surface area contributed by atoms with Crippen LogP contribution in [0.25, 0.3) is 0 Å². The van der Waals surface area contributed by atoms with Gasteiger partial charge in [0, 0.05) is 25.9 Å². The number of hydrogen-bond donors (Lipinski definition) is 0. The molecule has 1 heterocycles. The van der Waals surface area contributed by atoms with Crippen molar-refractivity contribution in [2.24, 2.45) is 0 Å². The first-order valence-electron chi connectivity index (χ1n) is 5.40. The van der Waals surface area contributed by atoms with Crippen LogP contribution in [0.1, 0.15) is 25.6 Å². The lowest BCUT2D eigenvalue weighted by atomic mass is 10.1. The Morgan fingerprint density at radius 1 is 1.15 bits per heavy atom. The molecule has 0 atom stereocenters. The number of halogens is 1. The fourth-order valence-electron chi connectivity index (χ4n) is 1.54. The standard InChI is InChI=1S/C13H9BrO5S/c14-7-3-9(20-6-7)5-19-8-1-2-10(12(15)16)11(4-8)13(17)18/h1-4,6H,5H2,(H,15,16)(H,17,18)/p-2. The molecule has 7 heteroatoms. The normalized spacial score (nSPS) is 10.2. The van der Waals surface area contributed by atoms with Gasteiger partial charge in [0.1, 0.15) is 12.4 Å². The molecule has 0 N–H and O–H groups in total. The zero-order valence-electron chi connectivity index (χ0n) is 9.92. The van der Waals surface area contributed by atoms with E-state index in [9.17, 15) is 19.8 Å². The monoisotopic (exact) mass is 354 g/mol. The summed E-state index contributed by atoms with van der Waals surface area (Å²) in [4.78, 5) is 22.6. The van der Waals surface area contributed by atoms with Gasteiger partial charge in [0.25, 0.3) is 0 Å². The van der Waals surface area contributed by atoms with Gasteiger partial charge in [-0.1, -0.05) is 0 Å². The highest BCUT2D eigenvalue weighted by Gasteiger charge is 2.07. The van der Waals surface area contributed by atoms with Crippen LogP contribution < -0.4 is 14.9 Å². The number of carbonyl (C=O) groups excluding carboxylic acids is 2. The Hall–Kier alpha value is -1.86. The van der Waals surface area contributed by atoms with E-state index in [1.54, 1.807) is 0 Å². The molecule has 0 bridgehead atoms. The quantitative estimate of drug-likeness (QED) is 0.792. The molecular formula is C13H7BrO5S-2. The maximum absolute atomic E-state index is 10.9. The van der Waals surface area contributed by atoms with Crippen molar-refractivity contribution in [3.63, 3.8) is 0 Å². The van der Waals surface area contributed by atoms with Crippen LogP contribution in [0.2, 0.25) is 0 Å². The van der Waals surface area contributed by atoms with Crippen molar-refractivity contribution in [1.29, 1.82) is 0 Å². The van der Waals surface area contributed by atoms with Crippen LogP contribution in [-0.4, -0.2) is 11.9 Å². The summed E-state index contributed by atoms with van der Waals surface area (Å²) >= 11 is 4.79. The van der Waals surface area contributed by atoms with Gasteiger partial charge in [0.2, 0.25) is 0 Å². The predicted octanol–water partition coefficient (Wildman–Crippen LogP) is 0.817. The van der Waals surface area contributed by atoms with Crippen LogP contribution in [0.15, 0.2) is 34.1 Å². The molecule has 2 aromatic rings. The first-order valence-corrected chi connectivity index (χ1v) is 7.07. The predicted molar refractivity (Wildman–Crippen MR) is 71.5 cm³/mol. The minimum absolute atomic E-state index is 0.249. The molecule has 0 saturated heterocycles. The van der Waals surface area contributed by atoms with E-state index >= 15 is 0 Å². The molecule has 104 valence electrons. The molecule has 0 unspecified atom stereocenters. The fraction of sp³-hybridized carbons (Fsp3) is 0.0769. The maximum atomic E-state index is 10.9. The molecule has 0 fully saturated rings. The third-order valence-corrected chi connectivity index (χ3v) is 4.10. The summed E-state index contributed by atoms with van der Waals surface area (Å²) in [6.07, 6.45) is 0. The van der Waals surface area contributed by atoms with E-state index < -0.39 is 23.1 Å². The second-order valence-corrected chi connectivity index (χ2v) is 5.71. The molecule has 1 aromatic carbocycles. The van der Waals surface area contributed by atoms with Gasteiger partial charge in [-0.05, 0) is 40.2 Å². The van der Waals surface area contributed by atoms with Gasteiger partial charge in [0.15, 0.2) is 0 Å². The van der Waals surface area contributed by atoms with E-state index in [4.69, 9.17) is 4.74 Å². The summed E-state index contributed by atoms with van der Waals surface area (Å²) in [5.74, 6) is -2.91. The van der Waals surface area contributed by atoms with Crippen LogP contribution in [0.5, 0.6) is 5.75 Å². The largest absolute Gasteiger partial charge is 0.545 e. The summed E-state index contributed by atoms with van der Waals surface area (Å²) in [7, 11) is 0. The van der Waals surface area contributed by atoms with E-state index in [0.29, 0.717) is 0 Å². The topological polar surface area (TPSA) is 89.5 Å². The number of rotatable bonds is 5. The Morgan fingerprint density at radius 3 is 2.40 bits per heavy atom. The van der Waals surface area contributed by atoms with Crippen LogP contribution >= 0.6 is 27.3 Å². The van der Waals surface area contributed by atoms with Gasteiger partial charge in [-0.2, -0.15) is 0 Å². The molecule has 0 aliphatic heterocycles. The second kappa shape index (κ2) is 6.06. The first-order chi connectivity index (χ1) is 9.47. The summed E-state index contributed by atoms with van der Waals surface area (Å²) in [6, 6.07) is 5.49. The highest BCUT2D eigenvalue weighted by atomic mass is 79.9. The number of carboxylic acid groups (broad SMARTS) is 2. The number of hydrogen-bond acceptors (Lipinski definition) is 6. The van der Waals surface area contributed by atoms with Crippen LogP contribution in [-0.2, 0) is 6.61 Å². The molecule has 20 heavy (non-hydrogen) atoms. The zero-order chi connectivity index (χ0) is 14.7. The Kier molecular flexibility index (Phi) is 4.41. The lowest BCUT2D eigenvalue weighted by Gasteiger charge is -2.13. The SMILES string of the molecule is O=C([O-])c1ccc(OCc2cc(Br)cs2)cc1C(=O)[O-]. The van der Waals surface area contributed by atoms with Crippen molar-refractivity contribution < 1.29 is 24.5 Å². The van der Waals surface area contributed by atoms with Gasteiger partial charge in [0.05, 0.1) is 11.9 Å². The Balaban J connectivity index is 2.18. The van der Waals surface area contributed by atoms with Crippen LogP contribution in [0, 0.1) is 0 Å². The average Bonchev–Trinajstić information content (AvgIpc) is 2.81. The molecule has 1 aromatic heterocycles. The lowest BCUT2D eigenvalue weighted by Crippen LogP contribution is -2.30. The summed E-state index contributed by atoms with van der Waals surface area (Å²) in [6.45, 7) is 0.257. The second-order valence-electron chi connectivity index (χ2n) is 3.80. The molecule has 0 amide bonds. The third-order valence-electron chi connectivity index (χ3n) is 2.43. The number of benzene rings is 1. The number of carboxylic acids is 2. The first kappa shape index (κ1) is 14.5.